The fraction of sp³-hybridized carbons (Fsp3) is 0.182. The van der Waals surface area contributed by atoms with Crippen molar-refractivity contribution in [3.05, 3.63) is 42.7 Å². The summed E-state index contributed by atoms with van der Waals surface area (Å²) in [5, 5.41) is 1.14. The summed E-state index contributed by atoms with van der Waals surface area (Å²) in [6.07, 6.45) is 6.50. The van der Waals surface area contributed by atoms with E-state index in [2.05, 4.69) is 4.98 Å². The molecule has 0 aliphatic carbocycles. The molecule has 4 heteroatoms. The Labute approximate surface area is 86.7 Å². The molecular weight excluding hydrogens is 192 g/mol. The molecule has 0 saturated carbocycles. The molecule has 4 nitrogen and oxygen atoms in total. The van der Waals surface area contributed by atoms with Gasteiger partial charge in [0.15, 0.2) is 0 Å². The van der Waals surface area contributed by atoms with Crippen LogP contribution in [-0.2, 0) is 16.5 Å². The van der Waals surface area contributed by atoms with E-state index in [0.717, 1.165) is 16.6 Å². The molecular formula is C11H10N2O2. The molecule has 0 radical (unpaired) electrons. The van der Waals surface area contributed by atoms with E-state index in [1.54, 1.807) is 0 Å². The van der Waals surface area contributed by atoms with Crippen molar-refractivity contribution in [1.82, 2.24) is 9.55 Å². The first-order valence-corrected chi connectivity index (χ1v) is 4.71. The first kappa shape index (κ1) is 8.35. The topological polar surface area (TPSA) is 36.3 Å². The Kier molecular flexibility index (Phi) is 1.68. The maximum Gasteiger partial charge on any atom is 0.283 e. The van der Waals surface area contributed by atoms with Gasteiger partial charge in [-0.2, -0.15) is 0 Å². The van der Waals surface area contributed by atoms with E-state index in [4.69, 9.17) is 9.47 Å². The third-order valence-electron chi connectivity index (χ3n) is 2.49. The lowest BCUT2D eigenvalue weighted by molar-refractivity contribution is -0.0278. The van der Waals surface area contributed by atoms with Gasteiger partial charge in [-0.25, -0.2) is 0 Å². The molecule has 0 aromatic carbocycles. The first-order chi connectivity index (χ1) is 7.34. The van der Waals surface area contributed by atoms with Crippen molar-refractivity contribution in [3.63, 3.8) is 0 Å². The van der Waals surface area contributed by atoms with Crippen LogP contribution in [0.4, 0.5) is 0 Å². The number of hydrogen-bond donors (Lipinski definition) is 0. The van der Waals surface area contributed by atoms with E-state index in [1.165, 1.54) is 12.5 Å². The van der Waals surface area contributed by atoms with Gasteiger partial charge < -0.3 is 14.0 Å². The highest BCUT2D eigenvalue weighted by atomic mass is 16.7. The van der Waals surface area contributed by atoms with E-state index < -0.39 is 6.29 Å². The molecule has 76 valence electrons. The van der Waals surface area contributed by atoms with Gasteiger partial charge in [-0.3, -0.25) is 4.98 Å². The monoisotopic (exact) mass is 202 g/mol. The Morgan fingerprint density at radius 3 is 2.93 bits per heavy atom. The first-order valence-electron chi connectivity index (χ1n) is 4.71. The predicted molar refractivity (Wildman–Crippen MR) is 54.8 cm³/mol. The van der Waals surface area contributed by atoms with Crippen LogP contribution in [0.5, 0.6) is 0 Å². The summed E-state index contributed by atoms with van der Waals surface area (Å²) in [5.41, 5.74) is 1.89. The van der Waals surface area contributed by atoms with Crippen molar-refractivity contribution in [2.75, 3.05) is 0 Å². The maximum absolute atomic E-state index is 5.22. The lowest BCUT2D eigenvalue weighted by Crippen LogP contribution is -2.00. The van der Waals surface area contributed by atoms with E-state index in [0.29, 0.717) is 0 Å². The van der Waals surface area contributed by atoms with Gasteiger partial charge in [0.05, 0.1) is 11.7 Å². The van der Waals surface area contributed by atoms with Gasteiger partial charge >= 0.3 is 0 Å². The smallest absolute Gasteiger partial charge is 0.283 e. The Morgan fingerprint density at radius 2 is 2.13 bits per heavy atom. The molecule has 0 spiro atoms. The van der Waals surface area contributed by atoms with Crippen LogP contribution >= 0.6 is 0 Å². The number of nitrogens with zero attached hydrogens (tertiary/aromatic N) is 2. The zero-order valence-corrected chi connectivity index (χ0v) is 8.25. The summed E-state index contributed by atoms with van der Waals surface area (Å²) < 4.78 is 12.5. The number of ether oxygens (including phenoxy) is 2. The molecule has 0 atom stereocenters. The summed E-state index contributed by atoms with van der Waals surface area (Å²) in [7, 11) is 1.99. The lowest BCUT2D eigenvalue weighted by atomic mass is 10.2. The average Bonchev–Trinajstić information content (AvgIpc) is 2.88. The second-order valence-corrected chi connectivity index (χ2v) is 3.47. The van der Waals surface area contributed by atoms with Gasteiger partial charge in [-0.15, -0.1) is 0 Å². The summed E-state index contributed by atoms with van der Waals surface area (Å²) in [6, 6.07) is 4.02. The van der Waals surface area contributed by atoms with E-state index in [1.807, 2.05) is 36.1 Å². The number of aryl methyl sites for hydroxylation is 1. The lowest BCUT2D eigenvalue weighted by Gasteiger charge is -2.09. The highest BCUT2D eigenvalue weighted by molar-refractivity contribution is 5.79. The van der Waals surface area contributed by atoms with Gasteiger partial charge in [-0.05, 0) is 12.1 Å². The molecule has 2 aromatic heterocycles. The molecule has 15 heavy (non-hydrogen) atoms. The highest BCUT2D eigenvalue weighted by Gasteiger charge is 2.17. The van der Waals surface area contributed by atoms with Gasteiger partial charge in [0.1, 0.15) is 18.2 Å². The van der Waals surface area contributed by atoms with Crippen molar-refractivity contribution < 1.29 is 9.47 Å². The number of fused-ring (bicyclic) bond motifs is 1. The van der Waals surface area contributed by atoms with Gasteiger partial charge in [0, 0.05) is 18.6 Å². The predicted octanol–water partition coefficient (Wildman–Crippen LogP) is 2.09. The number of hydrogen-bond acceptors (Lipinski definition) is 3. The Morgan fingerprint density at radius 1 is 1.33 bits per heavy atom. The molecule has 0 N–H and O–H groups in total. The van der Waals surface area contributed by atoms with Crippen LogP contribution < -0.4 is 0 Å². The zero-order chi connectivity index (χ0) is 10.3. The Bertz CT molecular complexity index is 522. The van der Waals surface area contributed by atoms with Crippen LogP contribution in [0.2, 0.25) is 0 Å². The number of pyridine rings is 1. The largest absolute Gasteiger partial charge is 0.454 e. The molecule has 0 fully saturated rings. The molecule has 3 heterocycles. The van der Waals surface area contributed by atoms with Crippen LogP contribution in [0.1, 0.15) is 12.0 Å². The third kappa shape index (κ3) is 1.26. The number of rotatable bonds is 1. The van der Waals surface area contributed by atoms with Crippen molar-refractivity contribution in [2.45, 2.75) is 6.29 Å². The minimum absolute atomic E-state index is 0.394. The standard InChI is InChI=1S/C11H10N2O2/c1-13-3-2-8-6-9(12-7-10(8)13)11-14-4-5-15-11/h2-7,11H,1H3. The second-order valence-electron chi connectivity index (χ2n) is 3.47. The highest BCUT2D eigenvalue weighted by Crippen LogP contribution is 2.25. The molecule has 0 bridgehead atoms. The molecule has 0 amide bonds. The van der Waals surface area contributed by atoms with E-state index in [9.17, 15) is 0 Å². The fourth-order valence-electron chi connectivity index (χ4n) is 1.69. The van der Waals surface area contributed by atoms with Crippen molar-refractivity contribution in [2.24, 2.45) is 7.05 Å². The van der Waals surface area contributed by atoms with Crippen molar-refractivity contribution in [1.29, 1.82) is 0 Å². The fourth-order valence-corrected chi connectivity index (χ4v) is 1.69. The molecule has 0 saturated heterocycles. The summed E-state index contributed by atoms with van der Waals surface area (Å²) in [6.45, 7) is 0. The Hall–Kier alpha value is -1.97. The molecule has 3 rings (SSSR count). The SMILES string of the molecule is Cn1ccc2cc(C3OC=CO3)ncc21. The van der Waals surface area contributed by atoms with Crippen LogP contribution in [-0.4, -0.2) is 9.55 Å². The third-order valence-corrected chi connectivity index (χ3v) is 2.49. The van der Waals surface area contributed by atoms with Gasteiger partial charge in [0.2, 0.25) is 0 Å². The molecule has 1 aliphatic rings. The summed E-state index contributed by atoms with van der Waals surface area (Å²) in [4.78, 5) is 4.31. The van der Waals surface area contributed by atoms with Crippen LogP contribution in [0.15, 0.2) is 37.1 Å². The summed E-state index contributed by atoms with van der Waals surface area (Å²) >= 11 is 0. The summed E-state index contributed by atoms with van der Waals surface area (Å²) in [5.74, 6) is 0. The van der Waals surface area contributed by atoms with E-state index in [-0.39, 0.29) is 0 Å². The molecule has 1 aliphatic heterocycles. The second kappa shape index (κ2) is 3.02. The van der Waals surface area contributed by atoms with Crippen LogP contribution in [0.3, 0.4) is 0 Å². The van der Waals surface area contributed by atoms with E-state index >= 15 is 0 Å². The normalized spacial score (nSPS) is 15.5. The maximum atomic E-state index is 5.22. The average molecular weight is 202 g/mol. The van der Waals surface area contributed by atoms with Crippen molar-refractivity contribution >= 4 is 10.9 Å². The zero-order valence-electron chi connectivity index (χ0n) is 8.25. The molecule has 2 aromatic rings. The van der Waals surface area contributed by atoms with Gasteiger partial charge in [-0.1, -0.05) is 0 Å². The van der Waals surface area contributed by atoms with Crippen LogP contribution in [0, 0.1) is 0 Å². The Balaban J connectivity index is 2.06. The number of aromatic nitrogens is 2. The minimum Gasteiger partial charge on any atom is -0.454 e. The van der Waals surface area contributed by atoms with Crippen molar-refractivity contribution in [3.8, 4) is 0 Å². The van der Waals surface area contributed by atoms with Crippen LogP contribution in [0.25, 0.3) is 10.9 Å². The molecule has 0 unspecified atom stereocenters. The quantitative estimate of drug-likeness (QED) is 0.710. The van der Waals surface area contributed by atoms with Gasteiger partial charge in [0.25, 0.3) is 6.29 Å². The minimum atomic E-state index is -0.394.